The van der Waals surface area contributed by atoms with E-state index in [1.165, 1.54) is 4.31 Å². The number of hydrogen-bond acceptors (Lipinski definition) is 4. The van der Waals surface area contributed by atoms with Crippen molar-refractivity contribution in [3.8, 4) is 0 Å². The molecule has 0 bridgehead atoms. The summed E-state index contributed by atoms with van der Waals surface area (Å²) in [6.07, 6.45) is 0. The molecule has 1 amide bonds. The quantitative estimate of drug-likeness (QED) is 0.303. The van der Waals surface area contributed by atoms with Crippen LogP contribution in [0.4, 0.5) is 5.69 Å². The Bertz CT molecular complexity index is 1330. The van der Waals surface area contributed by atoms with Crippen molar-refractivity contribution < 1.29 is 13.2 Å². The number of sulfonamides is 1. The molecule has 0 aliphatic heterocycles. The normalized spacial score (nSPS) is 12.3. The first-order chi connectivity index (χ1) is 16.4. The zero-order valence-corrected chi connectivity index (χ0v) is 22.1. The highest BCUT2D eigenvalue weighted by atomic mass is 35.5. The smallest absolute Gasteiger partial charge is 0.267 e. The molecule has 0 unspecified atom stereocenters. The van der Waals surface area contributed by atoms with Gasteiger partial charge in [0.1, 0.15) is 0 Å². The maximum absolute atomic E-state index is 13.8. The summed E-state index contributed by atoms with van der Waals surface area (Å²) in [7, 11) is -4.01. The molecule has 8 heteroatoms. The summed E-state index contributed by atoms with van der Waals surface area (Å²) in [4.78, 5) is 13.3. The summed E-state index contributed by atoms with van der Waals surface area (Å²) in [5.41, 5.74) is 5.22. The number of carbonyl (C=O) groups excluding carboxylic acids is 1. The highest BCUT2D eigenvalue weighted by Crippen LogP contribution is 2.30. The largest absolute Gasteiger partial charge is 0.273 e. The molecule has 35 heavy (non-hydrogen) atoms. The zero-order chi connectivity index (χ0) is 25.8. The van der Waals surface area contributed by atoms with Gasteiger partial charge in [0.2, 0.25) is 0 Å². The summed E-state index contributed by atoms with van der Waals surface area (Å²) >= 11 is 6.03. The van der Waals surface area contributed by atoms with Gasteiger partial charge in [0, 0.05) is 16.1 Å². The minimum absolute atomic E-state index is 0.0158. The van der Waals surface area contributed by atoms with E-state index in [-0.39, 0.29) is 28.1 Å². The second-order valence-corrected chi connectivity index (χ2v) is 11.7. The molecular weight excluding hydrogens is 482 g/mol. The predicted octanol–water partition coefficient (Wildman–Crippen LogP) is 6.20. The van der Waals surface area contributed by atoms with Crippen LogP contribution in [0.15, 0.2) is 82.8 Å². The highest BCUT2D eigenvalue weighted by molar-refractivity contribution is 7.92. The van der Waals surface area contributed by atoms with Crippen molar-refractivity contribution >= 4 is 38.9 Å². The SMILES string of the molecule is C/C(=N\NC(=O)c1ccccc1N(Cc1ccc(Cl)cc1)S(=O)(=O)c1ccc(C)cc1)C(C)(C)C. The molecule has 0 radical (unpaired) electrons. The first kappa shape index (κ1) is 26.4. The molecule has 6 nitrogen and oxygen atoms in total. The average Bonchev–Trinajstić information content (AvgIpc) is 2.81. The maximum atomic E-state index is 13.8. The van der Waals surface area contributed by atoms with Gasteiger partial charge in [-0.15, -0.1) is 0 Å². The Balaban J connectivity index is 2.09. The summed E-state index contributed by atoms with van der Waals surface area (Å²) in [6, 6.07) is 20.2. The molecule has 0 fully saturated rings. The third kappa shape index (κ3) is 6.50. The first-order valence-corrected chi connectivity index (χ1v) is 13.0. The number of amides is 1. The average molecular weight is 512 g/mol. The van der Waals surface area contributed by atoms with Crippen molar-refractivity contribution in [1.29, 1.82) is 0 Å². The topological polar surface area (TPSA) is 78.8 Å². The number of benzene rings is 3. The van der Waals surface area contributed by atoms with Gasteiger partial charge in [-0.3, -0.25) is 9.10 Å². The molecule has 0 heterocycles. The molecule has 0 aliphatic rings. The molecule has 3 aromatic carbocycles. The van der Waals surface area contributed by atoms with E-state index < -0.39 is 15.9 Å². The van der Waals surface area contributed by atoms with Crippen LogP contribution in [0, 0.1) is 12.3 Å². The highest BCUT2D eigenvalue weighted by Gasteiger charge is 2.29. The monoisotopic (exact) mass is 511 g/mol. The second-order valence-electron chi connectivity index (χ2n) is 9.36. The number of rotatable bonds is 7. The van der Waals surface area contributed by atoms with Gasteiger partial charge in [-0.25, -0.2) is 13.8 Å². The lowest BCUT2D eigenvalue weighted by molar-refractivity contribution is 0.0955. The Hall–Kier alpha value is -3.16. The Morgan fingerprint density at radius 2 is 1.57 bits per heavy atom. The van der Waals surface area contributed by atoms with E-state index in [1.54, 1.807) is 72.8 Å². The van der Waals surface area contributed by atoms with Crippen molar-refractivity contribution in [3.05, 3.63) is 94.5 Å². The van der Waals surface area contributed by atoms with Crippen LogP contribution in [0.5, 0.6) is 0 Å². The summed E-state index contributed by atoms with van der Waals surface area (Å²) in [5, 5.41) is 4.78. The molecule has 3 rings (SSSR count). The third-order valence-corrected chi connectivity index (χ3v) is 7.70. The second kappa shape index (κ2) is 10.6. The van der Waals surface area contributed by atoms with Crippen molar-refractivity contribution in [2.75, 3.05) is 4.31 Å². The molecule has 3 aromatic rings. The van der Waals surface area contributed by atoms with E-state index in [4.69, 9.17) is 11.6 Å². The van der Waals surface area contributed by atoms with E-state index in [9.17, 15) is 13.2 Å². The number of halogens is 1. The molecule has 0 spiro atoms. The number of hydrogen-bond donors (Lipinski definition) is 1. The minimum atomic E-state index is -4.01. The van der Waals surface area contributed by atoms with Crippen LogP contribution in [0.25, 0.3) is 0 Å². The summed E-state index contributed by atoms with van der Waals surface area (Å²) < 4.78 is 28.9. The van der Waals surface area contributed by atoms with Gasteiger partial charge in [0.05, 0.1) is 22.7 Å². The van der Waals surface area contributed by atoms with Crippen LogP contribution in [0.3, 0.4) is 0 Å². The van der Waals surface area contributed by atoms with E-state index in [0.717, 1.165) is 16.8 Å². The van der Waals surface area contributed by atoms with Gasteiger partial charge in [0.25, 0.3) is 15.9 Å². The standard InChI is InChI=1S/C27H30ClN3O3S/c1-19-10-16-23(17-11-19)35(33,34)31(18-21-12-14-22(28)15-13-21)25-9-7-6-8-24(25)26(32)30-29-20(2)27(3,4)5/h6-17H,18H2,1-5H3,(H,30,32)/b29-20+. The lowest BCUT2D eigenvalue weighted by Crippen LogP contribution is -2.33. The van der Waals surface area contributed by atoms with Crippen LogP contribution in [-0.4, -0.2) is 20.0 Å². The molecule has 0 saturated heterocycles. The number of hydrazone groups is 1. The molecule has 0 saturated carbocycles. The Morgan fingerprint density at radius 1 is 0.971 bits per heavy atom. The number of nitrogens with one attached hydrogen (secondary N) is 1. The number of carbonyl (C=O) groups is 1. The Labute approximate surface area is 212 Å². The van der Waals surface area contributed by atoms with Crippen LogP contribution < -0.4 is 9.73 Å². The fraction of sp³-hybridized carbons (Fsp3) is 0.259. The van der Waals surface area contributed by atoms with Crippen molar-refractivity contribution in [2.24, 2.45) is 10.5 Å². The number of para-hydroxylation sites is 1. The molecule has 1 N–H and O–H groups in total. The van der Waals surface area contributed by atoms with Crippen LogP contribution >= 0.6 is 11.6 Å². The lowest BCUT2D eigenvalue weighted by atomic mass is 9.91. The molecule has 0 aromatic heterocycles. The van der Waals surface area contributed by atoms with E-state index in [1.807, 2.05) is 34.6 Å². The van der Waals surface area contributed by atoms with Crippen molar-refractivity contribution in [2.45, 2.75) is 46.1 Å². The van der Waals surface area contributed by atoms with Crippen molar-refractivity contribution in [1.82, 2.24) is 5.43 Å². The van der Waals surface area contributed by atoms with E-state index in [0.29, 0.717) is 5.02 Å². The number of nitrogens with zero attached hydrogens (tertiary/aromatic N) is 2. The molecular formula is C27H30ClN3O3S. The molecule has 0 atom stereocenters. The lowest BCUT2D eigenvalue weighted by Gasteiger charge is -2.26. The van der Waals surface area contributed by atoms with Gasteiger partial charge in [0.15, 0.2) is 0 Å². The Morgan fingerprint density at radius 3 is 2.17 bits per heavy atom. The van der Waals surface area contributed by atoms with E-state index in [2.05, 4.69) is 10.5 Å². The van der Waals surface area contributed by atoms with Gasteiger partial charge in [-0.05, 0) is 55.8 Å². The number of anilines is 1. The predicted molar refractivity (Wildman–Crippen MR) is 142 cm³/mol. The Kier molecular flexibility index (Phi) is 8.03. The van der Waals surface area contributed by atoms with Gasteiger partial charge in [-0.1, -0.05) is 74.3 Å². The van der Waals surface area contributed by atoms with Crippen LogP contribution in [0.1, 0.15) is 49.2 Å². The van der Waals surface area contributed by atoms with Crippen LogP contribution in [0.2, 0.25) is 5.02 Å². The molecule has 184 valence electrons. The van der Waals surface area contributed by atoms with Crippen LogP contribution in [-0.2, 0) is 16.6 Å². The van der Waals surface area contributed by atoms with Gasteiger partial charge >= 0.3 is 0 Å². The van der Waals surface area contributed by atoms with Crippen molar-refractivity contribution in [3.63, 3.8) is 0 Å². The number of aryl methyl sites for hydroxylation is 1. The van der Waals surface area contributed by atoms with Gasteiger partial charge in [-0.2, -0.15) is 5.10 Å². The zero-order valence-electron chi connectivity index (χ0n) is 20.5. The minimum Gasteiger partial charge on any atom is -0.267 e. The van der Waals surface area contributed by atoms with E-state index >= 15 is 0 Å². The van der Waals surface area contributed by atoms with Gasteiger partial charge < -0.3 is 0 Å². The summed E-state index contributed by atoms with van der Waals surface area (Å²) in [5.74, 6) is -0.496. The first-order valence-electron chi connectivity index (χ1n) is 11.2. The maximum Gasteiger partial charge on any atom is 0.273 e. The fourth-order valence-electron chi connectivity index (χ4n) is 3.14. The molecule has 0 aliphatic carbocycles. The third-order valence-electron chi connectivity index (χ3n) is 5.68. The summed E-state index contributed by atoms with van der Waals surface area (Å²) in [6.45, 7) is 9.72. The fourth-order valence-corrected chi connectivity index (χ4v) is 4.74.